The fraction of sp³-hybridized carbons (Fsp3) is 0. The van der Waals surface area contributed by atoms with Gasteiger partial charge in [-0.15, -0.1) is 0 Å². The Morgan fingerprint density at radius 2 is 1.80 bits per heavy atom. The number of fused-ring (bicyclic) bond motifs is 1. The summed E-state index contributed by atoms with van der Waals surface area (Å²) in [5.41, 5.74) is 2.48. The number of halogens is 1. The van der Waals surface area contributed by atoms with Gasteiger partial charge in [-0.1, -0.05) is 12.1 Å². The molecule has 9 heteroatoms. The Bertz CT molecular complexity index is 1580. The summed E-state index contributed by atoms with van der Waals surface area (Å²) in [6.07, 6.45) is 2.76. The fourth-order valence-electron chi connectivity index (χ4n) is 3.49. The maximum atomic E-state index is 13.1. The number of oxazole rings is 1. The predicted molar refractivity (Wildman–Crippen MR) is 128 cm³/mol. The Balaban J connectivity index is 1.29. The number of anilines is 1. The van der Waals surface area contributed by atoms with Gasteiger partial charge in [0.25, 0.3) is 5.69 Å². The van der Waals surface area contributed by atoms with E-state index in [0.29, 0.717) is 45.3 Å². The van der Waals surface area contributed by atoms with Crippen LogP contribution in [0.1, 0.15) is 5.76 Å². The van der Waals surface area contributed by atoms with Crippen LogP contribution in [0.25, 0.3) is 40.0 Å². The summed E-state index contributed by atoms with van der Waals surface area (Å²) >= 11 is 0. The van der Waals surface area contributed by atoms with Crippen molar-refractivity contribution >= 4 is 34.5 Å². The van der Waals surface area contributed by atoms with E-state index in [-0.39, 0.29) is 11.5 Å². The molecule has 5 rings (SSSR count). The summed E-state index contributed by atoms with van der Waals surface area (Å²) in [7, 11) is 0. The first-order valence-corrected chi connectivity index (χ1v) is 10.5. The van der Waals surface area contributed by atoms with Crippen molar-refractivity contribution in [1.82, 2.24) is 4.98 Å². The highest BCUT2D eigenvalue weighted by atomic mass is 19.1. The molecule has 0 aliphatic carbocycles. The van der Waals surface area contributed by atoms with Crippen molar-refractivity contribution in [2.24, 2.45) is 0 Å². The lowest BCUT2D eigenvalue weighted by atomic mass is 10.1. The van der Waals surface area contributed by atoms with Gasteiger partial charge in [-0.05, 0) is 66.7 Å². The average molecular weight is 469 g/mol. The molecule has 0 aliphatic rings. The van der Waals surface area contributed by atoms with Gasteiger partial charge in [0.2, 0.25) is 11.8 Å². The molecular formula is C26H16FN3O5. The number of carbonyl (C=O) groups excluding carboxylic acids is 1. The third-order valence-corrected chi connectivity index (χ3v) is 5.14. The first-order chi connectivity index (χ1) is 17.0. The van der Waals surface area contributed by atoms with Crippen molar-refractivity contribution in [3.8, 4) is 22.8 Å². The lowest BCUT2D eigenvalue weighted by molar-refractivity contribution is -0.384. The van der Waals surface area contributed by atoms with E-state index in [1.165, 1.54) is 30.4 Å². The second kappa shape index (κ2) is 9.06. The molecule has 0 saturated carbocycles. The number of hydrogen-bond donors (Lipinski definition) is 1. The van der Waals surface area contributed by atoms with E-state index < -0.39 is 10.8 Å². The minimum absolute atomic E-state index is 0.0686. The first-order valence-electron chi connectivity index (χ1n) is 10.5. The Kier molecular flexibility index (Phi) is 5.64. The maximum absolute atomic E-state index is 13.1. The number of furan rings is 1. The largest absolute Gasteiger partial charge is 0.456 e. The molecule has 0 aliphatic heterocycles. The van der Waals surface area contributed by atoms with Crippen LogP contribution in [0, 0.1) is 15.9 Å². The molecule has 0 bridgehead atoms. The molecule has 172 valence electrons. The molecule has 1 N–H and O–H groups in total. The summed E-state index contributed by atoms with van der Waals surface area (Å²) in [5.74, 6) is 0.274. The number of hydrogen-bond acceptors (Lipinski definition) is 6. The molecule has 0 saturated heterocycles. The summed E-state index contributed by atoms with van der Waals surface area (Å²) in [6.45, 7) is 0. The lowest BCUT2D eigenvalue weighted by Crippen LogP contribution is -2.07. The van der Waals surface area contributed by atoms with E-state index in [0.717, 1.165) is 0 Å². The van der Waals surface area contributed by atoms with Gasteiger partial charge in [-0.2, -0.15) is 0 Å². The summed E-state index contributed by atoms with van der Waals surface area (Å²) < 4.78 is 24.5. The minimum atomic E-state index is -0.477. The van der Waals surface area contributed by atoms with Crippen LogP contribution in [0.3, 0.4) is 0 Å². The van der Waals surface area contributed by atoms with Crippen molar-refractivity contribution in [2.75, 3.05) is 5.32 Å². The SMILES string of the molecule is O=C(/C=C/c1ccc(-c2ccccc2[N+](=O)[O-])o1)Nc1ccc2oc(-c3ccc(F)cc3)nc2c1. The number of nitrogens with one attached hydrogen (secondary N) is 1. The highest BCUT2D eigenvalue weighted by Crippen LogP contribution is 2.31. The van der Waals surface area contributed by atoms with Crippen LogP contribution in [-0.2, 0) is 4.79 Å². The lowest BCUT2D eigenvalue weighted by Gasteiger charge is -2.01. The number of nitro benzene ring substituents is 1. The Morgan fingerprint density at radius 3 is 2.60 bits per heavy atom. The van der Waals surface area contributed by atoms with Crippen LogP contribution in [0.2, 0.25) is 0 Å². The van der Waals surface area contributed by atoms with Gasteiger partial charge < -0.3 is 14.2 Å². The summed E-state index contributed by atoms with van der Waals surface area (Å²) in [5, 5.41) is 14.0. The van der Waals surface area contributed by atoms with Gasteiger partial charge in [0.15, 0.2) is 5.58 Å². The van der Waals surface area contributed by atoms with Crippen LogP contribution in [0.5, 0.6) is 0 Å². The molecule has 0 unspecified atom stereocenters. The molecule has 2 heterocycles. The molecule has 1 amide bonds. The molecule has 35 heavy (non-hydrogen) atoms. The molecule has 0 radical (unpaired) electrons. The maximum Gasteiger partial charge on any atom is 0.280 e. The number of aromatic nitrogens is 1. The molecule has 3 aromatic carbocycles. The van der Waals surface area contributed by atoms with Gasteiger partial charge in [-0.25, -0.2) is 9.37 Å². The van der Waals surface area contributed by atoms with Crippen LogP contribution in [-0.4, -0.2) is 15.8 Å². The molecule has 0 fully saturated rings. The number of benzene rings is 3. The van der Waals surface area contributed by atoms with Crippen LogP contribution < -0.4 is 5.32 Å². The van der Waals surface area contributed by atoms with Gasteiger partial charge in [-0.3, -0.25) is 14.9 Å². The normalized spacial score (nSPS) is 11.2. The van der Waals surface area contributed by atoms with E-state index in [1.807, 2.05) is 0 Å². The summed E-state index contributed by atoms with van der Waals surface area (Å²) in [6, 6.07) is 20.3. The van der Waals surface area contributed by atoms with Gasteiger partial charge >= 0.3 is 0 Å². The quantitative estimate of drug-likeness (QED) is 0.174. The van der Waals surface area contributed by atoms with Gasteiger partial charge in [0.05, 0.1) is 10.5 Å². The standard InChI is InChI=1S/C26H16FN3O5/c27-17-7-5-16(6-8-17)26-29-21-15-18(9-12-24(21)35-26)28-25(31)14-11-19-10-13-23(34-19)20-3-1-2-4-22(20)30(32)33/h1-15H,(H,28,31)/b14-11+. The highest BCUT2D eigenvalue weighted by molar-refractivity contribution is 6.02. The Labute approximate surface area is 197 Å². The van der Waals surface area contributed by atoms with Gasteiger partial charge in [0.1, 0.15) is 22.9 Å². The minimum Gasteiger partial charge on any atom is -0.456 e. The van der Waals surface area contributed by atoms with Crippen LogP contribution in [0.15, 0.2) is 93.8 Å². The number of rotatable bonds is 6. The van der Waals surface area contributed by atoms with Gasteiger partial charge in [0, 0.05) is 23.4 Å². The second-order valence-electron chi connectivity index (χ2n) is 7.51. The molecule has 8 nitrogen and oxygen atoms in total. The number of nitro groups is 1. The third-order valence-electron chi connectivity index (χ3n) is 5.14. The predicted octanol–water partition coefficient (Wildman–Crippen LogP) is 6.45. The number of amides is 1. The smallest absolute Gasteiger partial charge is 0.280 e. The molecule has 0 spiro atoms. The highest BCUT2D eigenvalue weighted by Gasteiger charge is 2.17. The first kappa shape index (κ1) is 21.8. The zero-order valence-electron chi connectivity index (χ0n) is 18.0. The number of nitrogens with zero attached hydrogens (tertiary/aromatic N) is 2. The Hall–Kier alpha value is -5.05. The topological polar surface area (TPSA) is 111 Å². The number of carbonyl (C=O) groups is 1. The summed E-state index contributed by atoms with van der Waals surface area (Å²) in [4.78, 5) is 27.6. The average Bonchev–Trinajstić information content (AvgIpc) is 3.50. The van der Waals surface area contributed by atoms with E-state index in [4.69, 9.17) is 8.83 Å². The van der Waals surface area contributed by atoms with Crippen LogP contribution >= 0.6 is 0 Å². The van der Waals surface area contributed by atoms with Crippen molar-refractivity contribution < 1.29 is 22.9 Å². The molecule has 2 aromatic heterocycles. The Morgan fingerprint density at radius 1 is 1.00 bits per heavy atom. The third kappa shape index (κ3) is 4.69. The zero-order chi connectivity index (χ0) is 24.4. The van der Waals surface area contributed by atoms with E-state index in [2.05, 4.69) is 10.3 Å². The number of para-hydroxylation sites is 1. The molecule has 5 aromatic rings. The van der Waals surface area contributed by atoms with E-state index in [1.54, 1.807) is 60.7 Å². The zero-order valence-corrected chi connectivity index (χ0v) is 18.0. The molecule has 0 atom stereocenters. The van der Waals surface area contributed by atoms with Crippen molar-refractivity contribution in [2.45, 2.75) is 0 Å². The van der Waals surface area contributed by atoms with Crippen molar-refractivity contribution in [3.05, 3.63) is 107 Å². The van der Waals surface area contributed by atoms with E-state index in [9.17, 15) is 19.3 Å². The van der Waals surface area contributed by atoms with Crippen molar-refractivity contribution in [1.29, 1.82) is 0 Å². The van der Waals surface area contributed by atoms with E-state index >= 15 is 0 Å². The van der Waals surface area contributed by atoms with Crippen LogP contribution in [0.4, 0.5) is 15.8 Å². The van der Waals surface area contributed by atoms with Crippen molar-refractivity contribution in [3.63, 3.8) is 0 Å². The fourth-order valence-corrected chi connectivity index (χ4v) is 3.49. The molecular weight excluding hydrogens is 453 g/mol. The second-order valence-corrected chi connectivity index (χ2v) is 7.51. The monoisotopic (exact) mass is 469 g/mol.